The van der Waals surface area contributed by atoms with Gasteiger partial charge in [0.05, 0.1) is 5.69 Å². The quantitative estimate of drug-likeness (QED) is 0.772. The Morgan fingerprint density at radius 3 is 2.67 bits per heavy atom. The van der Waals surface area contributed by atoms with E-state index in [4.69, 9.17) is 0 Å². The van der Waals surface area contributed by atoms with Crippen molar-refractivity contribution in [1.82, 2.24) is 14.9 Å². The molecule has 142 valence electrons. The predicted octanol–water partition coefficient (Wildman–Crippen LogP) is 2.45. The van der Waals surface area contributed by atoms with Gasteiger partial charge in [-0.1, -0.05) is 6.07 Å². The maximum absolute atomic E-state index is 12.7. The van der Waals surface area contributed by atoms with Gasteiger partial charge in [-0.3, -0.25) is 9.59 Å². The average Bonchev–Trinajstić information content (AvgIpc) is 2.61. The first-order valence-electron chi connectivity index (χ1n) is 8.92. The molecule has 1 atom stereocenters. The third-order valence-electron chi connectivity index (χ3n) is 4.44. The Bertz CT molecular complexity index is 908. The van der Waals surface area contributed by atoms with Gasteiger partial charge >= 0.3 is 6.03 Å². The summed E-state index contributed by atoms with van der Waals surface area (Å²) in [5, 5.41) is 5.56. The van der Waals surface area contributed by atoms with Crippen LogP contribution in [0.25, 0.3) is 0 Å². The largest absolute Gasteiger partial charge is 0.326 e. The van der Waals surface area contributed by atoms with Crippen LogP contribution in [0.1, 0.15) is 37.2 Å². The van der Waals surface area contributed by atoms with Gasteiger partial charge in [0, 0.05) is 43.4 Å². The van der Waals surface area contributed by atoms with E-state index in [0.717, 1.165) is 18.5 Å². The van der Waals surface area contributed by atoms with E-state index in [9.17, 15) is 14.4 Å². The van der Waals surface area contributed by atoms with Gasteiger partial charge in [-0.2, -0.15) is 0 Å². The van der Waals surface area contributed by atoms with Crippen LogP contribution < -0.4 is 16.2 Å². The summed E-state index contributed by atoms with van der Waals surface area (Å²) in [5.74, 6) is 0.447. The number of carbonyl (C=O) groups is 2. The molecule has 3 N–H and O–H groups in total. The predicted molar refractivity (Wildman–Crippen MR) is 103 cm³/mol. The molecular formula is C19H23N5O3. The summed E-state index contributed by atoms with van der Waals surface area (Å²) in [7, 11) is 0. The lowest BCUT2D eigenvalue weighted by atomic mass is 9.94. The molecule has 1 saturated heterocycles. The number of likely N-dealkylation sites (tertiary alicyclic amines) is 1. The Morgan fingerprint density at radius 2 is 1.96 bits per heavy atom. The van der Waals surface area contributed by atoms with Gasteiger partial charge < -0.3 is 20.5 Å². The Morgan fingerprint density at radius 1 is 1.22 bits per heavy atom. The molecule has 0 unspecified atom stereocenters. The highest BCUT2D eigenvalue weighted by atomic mass is 16.2. The number of hydrogen-bond acceptors (Lipinski definition) is 4. The Hall–Kier alpha value is -3.16. The molecule has 0 radical (unpaired) electrons. The van der Waals surface area contributed by atoms with E-state index >= 15 is 0 Å². The molecule has 3 rings (SSSR count). The Labute approximate surface area is 157 Å². The highest BCUT2D eigenvalue weighted by molar-refractivity contribution is 5.92. The van der Waals surface area contributed by atoms with Gasteiger partial charge in [-0.05, 0) is 38.0 Å². The van der Waals surface area contributed by atoms with E-state index in [0.29, 0.717) is 30.3 Å². The maximum Gasteiger partial charge on any atom is 0.321 e. The number of H-pyrrole nitrogens is 1. The molecule has 2 heterocycles. The third kappa shape index (κ3) is 4.93. The van der Waals surface area contributed by atoms with Crippen molar-refractivity contribution in [1.29, 1.82) is 0 Å². The minimum absolute atomic E-state index is 0.0382. The number of aryl methyl sites for hydroxylation is 1. The molecule has 0 saturated carbocycles. The Balaban J connectivity index is 1.68. The summed E-state index contributed by atoms with van der Waals surface area (Å²) < 4.78 is 0. The maximum atomic E-state index is 12.7. The second-order valence-electron chi connectivity index (χ2n) is 6.73. The first-order chi connectivity index (χ1) is 12.9. The first-order valence-corrected chi connectivity index (χ1v) is 8.92. The van der Waals surface area contributed by atoms with Crippen molar-refractivity contribution in [2.24, 2.45) is 0 Å². The molecule has 0 bridgehead atoms. The van der Waals surface area contributed by atoms with Gasteiger partial charge in [-0.15, -0.1) is 0 Å². The second-order valence-corrected chi connectivity index (χ2v) is 6.73. The minimum Gasteiger partial charge on any atom is -0.326 e. The first kappa shape index (κ1) is 18.6. The average molecular weight is 369 g/mol. The number of aromatic amines is 1. The molecule has 1 aliphatic rings. The zero-order valence-electron chi connectivity index (χ0n) is 15.4. The van der Waals surface area contributed by atoms with E-state index in [-0.39, 0.29) is 23.4 Å². The van der Waals surface area contributed by atoms with Crippen molar-refractivity contribution < 1.29 is 9.59 Å². The van der Waals surface area contributed by atoms with E-state index in [1.807, 2.05) is 0 Å². The third-order valence-corrected chi connectivity index (χ3v) is 4.44. The van der Waals surface area contributed by atoms with Crippen LogP contribution in [-0.4, -0.2) is 39.9 Å². The second kappa shape index (κ2) is 8.03. The van der Waals surface area contributed by atoms with Gasteiger partial charge in [0.15, 0.2) is 0 Å². The van der Waals surface area contributed by atoms with Crippen molar-refractivity contribution in [3.05, 3.63) is 52.2 Å². The number of piperidine rings is 1. The lowest BCUT2D eigenvalue weighted by molar-refractivity contribution is -0.114. The molecule has 1 aromatic heterocycles. The molecule has 8 heteroatoms. The summed E-state index contributed by atoms with van der Waals surface area (Å²) in [6.45, 7) is 4.34. The summed E-state index contributed by atoms with van der Waals surface area (Å²) in [6.07, 6.45) is 1.73. The fourth-order valence-electron chi connectivity index (χ4n) is 3.30. The van der Waals surface area contributed by atoms with E-state index in [1.54, 1.807) is 36.1 Å². The number of benzene rings is 1. The van der Waals surface area contributed by atoms with Gasteiger partial charge in [0.2, 0.25) is 5.91 Å². The number of urea groups is 1. The van der Waals surface area contributed by atoms with Crippen LogP contribution in [0.5, 0.6) is 0 Å². The summed E-state index contributed by atoms with van der Waals surface area (Å²) >= 11 is 0. The lowest BCUT2D eigenvalue weighted by Crippen LogP contribution is -2.42. The molecule has 1 aromatic carbocycles. The number of amides is 3. The molecule has 2 aromatic rings. The zero-order valence-corrected chi connectivity index (χ0v) is 15.4. The summed E-state index contributed by atoms with van der Waals surface area (Å²) in [5.41, 5.74) is 1.79. The van der Waals surface area contributed by atoms with Crippen molar-refractivity contribution in [2.45, 2.75) is 32.6 Å². The monoisotopic (exact) mass is 369 g/mol. The van der Waals surface area contributed by atoms with Crippen LogP contribution in [0, 0.1) is 6.92 Å². The van der Waals surface area contributed by atoms with Gasteiger partial charge in [0.25, 0.3) is 5.56 Å². The number of aromatic nitrogens is 2. The van der Waals surface area contributed by atoms with Crippen LogP contribution in [0.15, 0.2) is 35.1 Å². The molecule has 1 aliphatic heterocycles. The van der Waals surface area contributed by atoms with E-state index in [1.165, 1.54) is 13.0 Å². The van der Waals surface area contributed by atoms with Crippen molar-refractivity contribution in [3.63, 3.8) is 0 Å². The number of hydrogen-bond donors (Lipinski definition) is 3. The SMILES string of the molecule is CC(=O)Nc1cccc(NC(=O)N2CCC[C@@H](c3cc(=O)[nH]c(C)n3)C2)c1. The molecule has 3 amide bonds. The van der Waals surface area contributed by atoms with Gasteiger partial charge in [0.1, 0.15) is 5.82 Å². The molecular weight excluding hydrogens is 346 g/mol. The Kier molecular flexibility index (Phi) is 5.54. The molecule has 1 fully saturated rings. The number of nitrogens with zero attached hydrogens (tertiary/aromatic N) is 2. The lowest BCUT2D eigenvalue weighted by Gasteiger charge is -2.32. The van der Waals surface area contributed by atoms with Gasteiger partial charge in [-0.25, -0.2) is 9.78 Å². The number of rotatable bonds is 3. The van der Waals surface area contributed by atoms with Crippen LogP contribution in [0.4, 0.5) is 16.2 Å². The smallest absolute Gasteiger partial charge is 0.321 e. The summed E-state index contributed by atoms with van der Waals surface area (Å²) in [6, 6.07) is 8.31. The normalized spacial score (nSPS) is 16.7. The van der Waals surface area contributed by atoms with Crippen LogP contribution in [0.2, 0.25) is 0 Å². The highest BCUT2D eigenvalue weighted by Gasteiger charge is 2.26. The fourth-order valence-corrected chi connectivity index (χ4v) is 3.30. The van der Waals surface area contributed by atoms with Crippen LogP contribution in [0.3, 0.4) is 0 Å². The standard InChI is InChI=1S/C19H23N5O3/c1-12-20-17(10-18(26)21-12)14-5-4-8-24(11-14)19(27)23-16-7-3-6-15(9-16)22-13(2)25/h3,6-7,9-10,14H,4-5,8,11H2,1-2H3,(H,22,25)(H,23,27)(H,20,21,26)/t14-/m1/s1. The minimum atomic E-state index is -0.207. The molecule has 0 spiro atoms. The molecule has 27 heavy (non-hydrogen) atoms. The summed E-state index contributed by atoms with van der Waals surface area (Å²) in [4.78, 5) is 44.3. The molecule has 8 nitrogen and oxygen atoms in total. The number of nitrogens with one attached hydrogen (secondary N) is 3. The fraction of sp³-hybridized carbons (Fsp3) is 0.368. The van der Waals surface area contributed by atoms with E-state index < -0.39 is 0 Å². The topological polar surface area (TPSA) is 107 Å². The van der Waals surface area contributed by atoms with Crippen LogP contribution in [-0.2, 0) is 4.79 Å². The molecule has 0 aliphatic carbocycles. The van der Waals surface area contributed by atoms with Crippen LogP contribution >= 0.6 is 0 Å². The van der Waals surface area contributed by atoms with Crippen molar-refractivity contribution in [2.75, 3.05) is 23.7 Å². The number of anilines is 2. The number of carbonyl (C=O) groups excluding carboxylic acids is 2. The van der Waals surface area contributed by atoms with Crippen molar-refractivity contribution >= 4 is 23.3 Å². The zero-order chi connectivity index (χ0) is 19.4. The highest BCUT2D eigenvalue weighted by Crippen LogP contribution is 2.25. The van der Waals surface area contributed by atoms with Crippen molar-refractivity contribution in [3.8, 4) is 0 Å². The van der Waals surface area contributed by atoms with E-state index in [2.05, 4.69) is 20.6 Å².